The van der Waals surface area contributed by atoms with Crippen LogP contribution in [0.2, 0.25) is 10.0 Å². The monoisotopic (exact) mass is 606 g/mol. The summed E-state index contributed by atoms with van der Waals surface area (Å²) in [4.78, 5) is 30.5. The summed E-state index contributed by atoms with van der Waals surface area (Å²) in [5, 5.41) is -0.108. The van der Waals surface area contributed by atoms with E-state index in [-0.39, 0.29) is 55.3 Å². The zero-order chi connectivity index (χ0) is 28.0. The first kappa shape index (κ1) is 28.7. The summed E-state index contributed by atoms with van der Waals surface area (Å²) in [6.45, 7) is 1.91. The smallest absolute Gasteiger partial charge is 0.305 e. The predicted molar refractivity (Wildman–Crippen MR) is 144 cm³/mol. The van der Waals surface area contributed by atoms with E-state index in [0.29, 0.717) is 19.5 Å². The zero-order valence-electron chi connectivity index (χ0n) is 20.4. The van der Waals surface area contributed by atoms with Crippen molar-refractivity contribution in [3.8, 4) is 0 Å². The zero-order valence-corrected chi connectivity index (χ0v) is 23.6. The summed E-state index contributed by atoms with van der Waals surface area (Å²) in [5.74, 6) is -0.967. The number of hydrogen-bond donors (Lipinski definition) is 2. The molecular formula is C23H25Cl2FN4O6S2. The molecule has 4 rings (SSSR count). The Labute approximate surface area is 228 Å². The van der Waals surface area contributed by atoms with Gasteiger partial charge in [-0.1, -0.05) is 30.1 Å². The van der Waals surface area contributed by atoms with E-state index in [1.54, 1.807) is 0 Å². The fraction of sp³-hybridized carbons (Fsp3) is 0.391. The molecule has 206 valence electrons. The van der Waals surface area contributed by atoms with Crippen molar-refractivity contribution in [2.24, 2.45) is 0 Å². The topological polar surface area (TPSA) is 138 Å². The van der Waals surface area contributed by atoms with Gasteiger partial charge in [0, 0.05) is 36.3 Å². The maximum Gasteiger partial charge on any atom is 0.329 e. The number of hydrogen-bond acceptors (Lipinski definition) is 7. The van der Waals surface area contributed by atoms with Gasteiger partial charge in [0.25, 0.3) is 5.56 Å². The van der Waals surface area contributed by atoms with Gasteiger partial charge in [-0.15, -0.1) is 0 Å². The first-order valence-electron chi connectivity index (χ1n) is 11.5. The van der Waals surface area contributed by atoms with Crippen molar-refractivity contribution < 1.29 is 21.2 Å². The largest absolute Gasteiger partial charge is 0.329 e. The Bertz CT molecular complexity index is 1760. The molecule has 0 bridgehead atoms. The summed E-state index contributed by atoms with van der Waals surface area (Å²) >= 11 is 12.5. The Morgan fingerprint density at radius 1 is 1.13 bits per heavy atom. The van der Waals surface area contributed by atoms with Crippen LogP contribution in [-0.2, 0) is 33.0 Å². The lowest BCUT2D eigenvalue weighted by Crippen LogP contribution is -2.36. The third-order valence-electron chi connectivity index (χ3n) is 6.37. The second kappa shape index (κ2) is 10.7. The van der Waals surface area contributed by atoms with Crippen molar-refractivity contribution in [2.45, 2.75) is 37.4 Å². The quantitative estimate of drug-likeness (QED) is 0.400. The normalized spacial score (nSPS) is 16.9. The molecule has 38 heavy (non-hydrogen) atoms. The highest BCUT2D eigenvalue weighted by atomic mass is 35.5. The average Bonchev–Trinajstić information content (AvgIpc) is 3.25. The third kappa shape index (κ3) is 5.97. The molecule has 2 aromatic carbocycles. The number of rotatable bonds is 8. The van der Waals surface area contributed by atoms with Crippen molar-refractivity contribution >= 4 is 54.0 Å². The molecule has 0 unspecified atom stereocenters. The number of fused-ring (bicyclic) bond motifs is 1. The Morgan fingerprint density at radius 2 is 1.84 bits per heavy atom. The number of benzene rings is 2. The van der Waals surface area contributed by atoms with Crippen molar-refractivity contribution in [3.05, 3.63) is 72.1 Å². The fourth-order valence-electron chi connectivity index (χ4n) is 4.55. The third-order valence-corrected chi connectivity index (χ3v) is 9.61. The Kier molecular flexibility index (Phi) is 8.09. The van der Waals surface area contributed by atoms with Crippen molar-refractivity contribution in [1.29, 1.82) is 0 Å². The lowest BCUT2D eigenvalue weighted by Gasteiger charge is -2.18. The van der Waals surface area contributed by atoms with E-state index < -0.39 is 43.5 Å². The number of likely N-dealkylation sites (tertiary alicyclic amines) is 1. The predicted octanol–water partition coefficient (Wildman–Crippen LogP) is 2.10. The van der Waals surface area contributed by atoms with Crippen LogP contribution in [0.5, 0.6) is 0 Å². The van der Waals surface area contributed by atoms with E-state index in [1.807, 2.05) is 4.90 Å². The number of sulfonamides is 1. The number of nitrogens with zero attached hydrogens (tertiary/aromatic N) is 2. The highest BCUT2D eigenvalue weighted by Crippen LogP contribution is 2.29. The standard InChI is InChI=1S/C23H25Cl2FN4O6S2/c1-3-38(35,36)19-5-4-14(24)8-13(19)10-30-22(31)16-9-18(26)17(20(25)21(16)27-23(30)32)12-29-7-6-15(11-29)28-37(2,33)34/h4-5,8-9,15,28H,3,6-7,10-12H2,1-2H3,(H,27,32)/t15-/m1/s1. The molecule has 2 heterocycles. The number of nitrogens with one attached hydrogen (secondary N) is 2. The van der Waals surface area contributed by atoms with Gasteiger partial charge < -0.3 is 4.98 Å². The maximum absolute atomic E-state index is 15.2. The summed E-state index contributed by atoms with van der Waals surface area (Å²) in [5.41, 5.74) is -1.57. The molecule has 1 saturated heterocycles. The van der Waals surface area contributed by atoms with Crippen LogP contribution in [0, 0.1) is 5.82 Å². The van der Waals surface area contributed by atoms with Crippen LogP contribution in [0.4, 0.5) is 4.39 Å². The van der Waals surface area contributed by atoms with Gasteiger partial charge in [-0.25, -0.2) is 30.7 Å². The average molecular weight is 608 g/mol. The minimum Gasteiger partial charge on any atom is -0.305 e. The molecule has 15 heteroatoms. The van der Waals surface area contributed by atoms with Crippen LogP contribution >= 0.6 is 23.2 Å². The van der Waals surface area contributed by atoms with Gasteiger partial charge >= 0.3 is 5.69 Å². The van der Waals surface area contributed by atoms with Gasteiger partial charge in [0.15, 0.2) is 9.84 Å². The Hall–Kier alpha value is -2.29. The number of aromatic amines is 1. The minimum absolute atomic E-state index is 0.0361. The number of H-pyrrole nitrogens is 1. The summed E-state index contributed by atoms with van der Waals surface area (Å²) in [7, 11) is -7.08. The van der Waals surface area contributed by atoms with E-state index in [9.17, 15) is 26.4 Å². The van der Waals surface area contributed by atoms with Gasteiger partial charge in [-0.3, -0.25) is 14.3 Å². The number of halogens is 3. The molecular weight excluding hydrogens is 582 g/mol. The molecule has 1 atom stereocenters. The number of aromatic nitrogens is 2. The van der Waals surface area contributed by atoms with Crippen LogP contribution in [0.1, 0.15) is 24.5 Å². The van der Waals surface area contributed by atoms with Crippen LogP contribution in [0.25, 0.3) is 10.9 Å². The van der Waals surface area contributed by atoms with Crippen molar-refractivity contribution in [1.82, 2.24) is 19.2 Å². The van der Waals surface area contributed by atoms with Gasteiger partial charge in [-0.05, 0) is 36.2 Å². The highest BCUT2D eigenvalue weighted by Gasteiger charge is 2.27. The molecule has 0 amide bonds. The maximum atomic E-state index is 15.2. The van der Waals surface area contributed by atoms with E-state index >= 15 is 4.39 Å². The van der Waals surface area contributed by atoms with Gasteiger partial charge in [0.1, 0.15) is 5.82 Å². The van der Waals surface area contributed by atoms with Gasteiger partial charge in [0.2, 0.25) is 10.0 Å². The molecule has 1 aliphatic heterocycles. The SMILES string of the molecule is CCS(=O)(=O)c1ccc(Cl)cc1Cn1c(=O)[nH]c2c(Cl)c(CN3CC[C@@H](NS(C)(=O)=O)C3)c(F)cc2c1=O. The van der Waals surface area contributed by atoms with Gasteiger partial charge in [-0.2, -0.15) is 0 Å². The Balaban J connectivity index is 1.72. The summed E-state index contributed by atoms with van der Waals surface area (Å²) in [6.07, 6.45) is 1.59. The molecule has 0 saturated carbocycles. The fourth-order valence-corrected chi connectivity index (χ4v) is 6.95. The molecule has 2 N–H and O–H groups in total. The molecule has 0 spiro atoms. The van der Waals surface area contributed by atoms with E-state index in [0.717, 1.165) is 16.9 Å². The van der Waals surface area contributed by atoms with E-state index in [4.69, 9.17) is 23.2 Å². The van der Waals surface area contributed by atoms with Crippen molar-refractivity contribution in [3.63, 3.8) is 0 Å². The number of sulfone groups is 1. The molecule has 0 radical (unpaired) electrons. The lowest BCUT2D eigenvalue weighted by molar-refractivity contribution is 0.319. The lowest BCUT2D eigenvalue weighted by atomic mass is 10.1. The summed E-state index contributed by atoms with van der Waals surface area (Å²) in [6, 6.07) is 4.73. The molecule has 1 aliphatic rings. The van der Waals surface area contributed by atoms with Crippen molar-refractivity contribution in [2.75, 3.05) is 25.1 Å². The first-order chi connectivity index (χ1) is 17.7. The van der Waals surface area contributed by atoms with Crippen LogP contribution in [0.15, 0.2) is 38.8 Å². The van der Waals surface area contributed by atoms with Crippen LogP contribution in [-0.4, -0.2) is 62.4 Å². The molecule has 0 aliphatic carbocycles. The molecule has 1 aromatic heterocycles. The second-order valence-corrected chi connectivity index (χ2v) is 14.0. The van der Waals surface area contributed by atoms with Crippen LogP contribution < -0.4 is 16.0 Å². The van der Waals surface area contributed by atoms with E-state index in [1.165, 1.54) is 25.1 Å². The van der Waals surface area contributed by atoms with Gasteiger partial charge in [0.05, 0.1) is 39.4 Å². The Morgan fingerprint density at radius 3 is 2.50 bits per heavy atom. The molecule has 10 nitrogen and oxygen atoms in total. The minimum atomic E-state index is -3.69. The highest BCUT2D eigenvalue weighted by molar-refractivity contribution is 7.91. The molecule has 1 fully saturated rings. The van der Waals surface area contributed by atoms with E-state index in [2.05, 4.69) is 9.71 Å². The summed E-state index contributed by atoms with van der Waals surface area (Å²) < 4.78 is 66.6. The van der Waals surface area contributed by atoms with Crippen LogP contribution in [0.3, 0.4) is 0 Å². The molecule has 3 aromatic rings. The second-order valence-electron chi connectivity index (χ2n) is 9.16. The first-order valence-corrected chi connectivity index (χ1v) is 15.8.